The van der Waals surface area contributed by atoms with Crippen LogP contribution in [0.4, 0.5) is 38.0 Å². The van der Waals surface area contributed by atoms with Gasteiger partial charge in [0, 0.05) is 26.2 Å². The lowest BCUT2D eigenvalue weighted by Gasteiger charge is -2.35. The number of hydrogen-bond donors (Lipinski definition) is 1. The highest BCUT2D eigenvalue weighted by atomic mass is 19.4. The Morgan fingerprint density at radius 2 is 1.63 bits per heavy atom. The van der Waals surface area contributed by atoms with E-state index in [1.807, 2.05) is 0 Å². The van der Waals surface area contributed by atoms with Crippen molar-refractivity contribution in [2.45, 2.75) is 18.8 Å². The minimum atomic E-state index is -4.64. The molecule has 2 heterocycles. The summed E-state index contributed by atoms with van der Waals surface area (Å²) in [5.74, 6) is -0.914. The second kappa shape index (κ2) is 10.9. The molecule has 14 heteroatoms. The highest BCUT2D eigenvalue weighted by Crippen LogP contribution is 2.32. The summed E-state index contributed by atoms with van der Waals surface area (Å²) >= 11 is 0. The minimum absolute atomic E-state index is 0.0655. The number of alkyl halides is 6. The molecule has 190 valence electrons. The van der Waals surface area contributed by atoms with Gasteiger partial charge >= 0.3 is 12.4 Å². The SMILES string of the molecule is O=C(COCCC(F)(F)F)Nc1ccc(N2CCN(C(=O)c3ccccc3C(F)(F)F)CC2)nn1. The number of anilines is 2. The second-order valence-electron chi connectivity index (χ2n) is 7.57. The molecule has 35 heavy (non-hydrogen) atoms. The molecule has 0 aliphatic carbocycles. The smallest absolute Gasteiger partial charge is 0.371 e. The topological polar surface area (TPSA) is 87.7 Å². The van der Waals surface area contributed by atoms with Gasteiger partial charge in [0.25, 0.3) is 11.8 Å². The highest BCUT2D eigenvalue weighted by Gasteiger charge is 2.36. The summed E-state index contributed by atoms with van der Waals surface area (Å²) < 4.78 is 80.5. The Bertz CT molecular complexity index is 1020. The number of carbonyl (C=O) groups is 2. The van der Waals surface area contributed by atoms with Gasteiger partial charge in [0.1, 0.15) is 6.61 Å². The maximum atomic E-state index is 13.2. The first kappa shape index (κ1) is 26.2. The van der Waals surface area contributed by atoms with Gasteiger partial charge < -0.3 is 19.9 Å². The van der Waals surface area contributed by atoms with Crippen LogP contribution in [0.15, 0.2) is 36.4 Å². The van der Waals surface area contributed by atoms with Gasteiger partial charge in [0.05, 0.1) is 24.2 Å². The largest absolute Gasteiger partial charge is 0.417 e. The van der Waals surface area contributed by atoms with E-state index in [1.165, 1.54) is 23.1 Å². The molecule has 0 saturated carbocycles. The zero-order chi connectivity index (χ0) is 25.6. The van der Waals surface area contributed by atoms with Crippen molar-refractivity contribution in [3.63, 3.8) is 0 Å². The third-order valence-corrected chi connectivity index (χ3v) is 5.03. The molecule has 1 saturated heterocycles. The molecule has 0 unspecified atom stereocenters. The van der Waals surface area contributed by atoms with Crippen LogP contribution in [0.5, 0.6) is 0 Å². The number of piperazine rings is 1. The first-order valence-corrected chi connectivity index (χ1v) is 10.4. The van der Waals surface area contributed by atoms with E-state index in [-0.39, 0.29) is 18.9 Å². The fourth-order valence-electron chi connectivity index (χ4n) is 3.32. The van der Waals surface area contributed by atoms with E-state index < -0.39 is 54.9 Å². The van der Waals surface area contributed by atoms with Gasteiger partial charge in [-0.1, -0.05) is 12.1 Å². The third kappa shape index (κ3) is 7.53. The van der Waals surface area contributed by atoms with Crippen molar-refractivity contribution >= 4 is 23.5 Å². The van der Waals surface area contributed by atoms with Crippen LogP contribution in [0.1, 0.15) is 22.3 Å². The van der Waals surface area contributed by atoms with Gasteiger partial charge in [0.15, 0.2) is 11.6 Å². The molecule has 0 atom stereocenters. The zero-order valence-electron chi connectivity index (χ0n) is 18.2. The van der Waals surface area contributed by atoms with Crippen LogP contribution in [0, 0.1) is 0 Å². The molecule has 1 fully saturated rings. The number of nitrogens with one attached hydrogen (secondary N) is 1. The lowest BCUT2D eigenvalue weighted by atomic mass is 10.1. The molecule has 0 bridgehead atoms. The summed E-state index contributed by atoms with van der Waals surface area (Å²) in [6.07, 6.45) is -10.2. The van der Waals surface area contributed by atoms with Gasteiger partial charge in [-0.05, 0) is 24.3 Å². The van der Waals surface area contributed by atoms with Gasteiger partial charge in [0.2, 0.25) is 0 Å². The van der Waals surface area contributed by atoms with Crippen molar-refractivity contribution in [3.05, 3.63) is 47.5 Å². The quantitative estimate of drug-likeness (QED) is 0.459. The number of ether oxygens (including phenoxy) is 1. The Hall–Kier alpha value is -3.42. The number of hydrogen-bond acceptors (Lipinski definition) is 6. The van der Waals surface area contributed by atoms with E-state index in [4.69, 9.17) is 0 Å². The molecule has 3 rings (SSSR count). The lowest BCUT2D eigenvalue weighted by molar-refractivity contribution is -0.147. The Morgan fingerprint density at radius 1 is 0.943 bits per heavy atom. The van der Waals surface area contributed by atoms with Crippen molar-refractivity contribution in [2.75, 3.05) is 49.6 Å². The minimum Gasteiger partial charge on any atom is -0.371 e. The average molecular weight is 505 g/mol. The predicted octanol–water partition coefficient (Wildman–Crippen LogP) is 3.37. The maximum Gasteiger partial charge on any atom is 0.417 e. The monoisotopic (exact) mass is 505 g/mol. The fourth-order valence-corrected chi connectivity index (χ4v) is 3.32. The standard InChI is InChI=1S/C21H21F6N5O3/c22-20(23,24)7-12-35-13-18(33)28-16-5-6-17(30-29-16)31-8-10-32(11-9-31)19(34)14-3-1-2-4-15(14)21(25,26)27/h1-6H,7-13H2,(H,28,29,33). The van der Waals surface area contributed by atoms with Gasteiger partial charge in [-0.15, -0.1) is 10.2 Å². The van der Waals surface area contributed by atoms with Crippen LogP contribution in [-0.4, -0.2) is 72.5 Å². The lowest BCUT2D eigenvalue weighted by Crippen LogP contribution is -2.49. The van der Waals surface area contributed by atoms with Crippen LogP contribution in [0.25, 0.3) is 0 Å². The molecule has 2 aromatic rings. The van der Waals surface area contributed by atoms with Crippen molar-refractivity contribution in [1.29, 1.82) is 0 Å². The van der Waals surface area contributed by atoms with E-state index >= 15 is 0 Å². The summed E-state index contributed by atoms with van der Waals surface area (Å²) in [6.45, 7) is -0.285. The number of halogens is 6. The zero-order valence-corrected chi connectivity index (χ0v) is 18.2. The molecule has 1 aromatic heterocycles. The molecule has 0 radical (unpaired) electrons. The number of amides is 2. The van der Waals surface area contributed by atoms with E-state index in [0.29, 0.717) is 18.9 Å². The summed E-state index contributed by atoms with van der Waals surface area (Å²) in [7, 11) is 0. The first-order chi connectivity index (χ1) is 16.4. The molecule has 1 N–H and O–H groups in total. The molecule has 1 aliphatic rings. The second-order valence-corrected chi connectivity index (χ2v) is 7.57. The molecule has 1 aliphatic heterocycles. The van der Waals surface area contributed by atoms with Crippen molar-refractivity contribution < 1.29 is 40.7 Å². The van der Waals surface area contributed by atoms with E-state index in [9.17, 15) is 35.9 Å². The molecular formula is C21H21F6N5O3. The summed E-state index contributed by atoms with van der Waals surface area (Å²) in [4.78, 5) is 27.5. The van der Waals surface area contributed by atoms with Crippen LogP contribution >= 0.6 is 0 Å². The Morgan fingerprint density at radius 3 is 2.23 bits per heavy atom. The van der Waals surface area contributed by atoms with Crippen LogP contribution in [-0.2, 0) is 15.7 Å². The predicted molar refractivity (Wildman–Crippen MR) is 112 cm³/mol. The van der Waals surface area contributed by atoms with E-state index in [0.717, 1.165) is 12.1 Å². The third-order valence-electron chi connectivity index (χ3n) is 5.03. The number of nitrogens with zero attached hydrogens (tertiary/aromatic N) is 4. The van der Waals surface area contributed by atoms with E-state index in [1.54, 1.807) is 11.0 Å². The van der Waals surface area contributed by atoms with Crippen molar-refractivity contribution in [1.82, 2.24) is 15.1 Å². The van der Waals surface area contributed by atoms with Crippen LogP contribution in [0.2, 0.25) is 0 Å². The molecular weight excluding hydrogens is 484 g/mol. The van der Waals surface area contributed by atoms with Crippen molar-refractivity contribution in [2.24, 2.45) is 0 Å². The van der Waals surface area contributed by atoms with Crippen LogP contribution in [0.3, 0.4) is 0 Å². The Kier molecular flexibility index (Phi) is 8.14. The first-order valence-electron chi connectivity index (χ1n) is 10.4. The van der Waals surface area contributed by atoms with Crippen molar-refractivity contribution in [3.8, 4) is 0 Å². The Balaban J connectivity index is 1.50. The van der Waals surface area contributed by atoms with Gasteiger partial charge in [-0.2, -0.15) is 26.3 Å². The number of rotatable bonds is 7. The molecule has 8 nitrogen and oxygen atoms in total. The number of carbonyl (C=O) groups excluding carboxylic acids is 2. The Labute approximate surface area is 195 Å². The van der Waals surface area contributed by atoms with Crippen LogP contribution < -0.4 is 10.2 Å². The highest BCUT2D eigenvalue weighted by molar-refractivity contribution is 5.96. The van der Waals surface area contributed by atoms with E-state index in [2.05, 4.69) is 20.3 Å². The summed E-state index contributed by atoms with van der Waals surface area (Å²) in [6, 6.07) is 7.61. The normalized spacial score (nSPS) is 14.7. The van der Waals surface area contributed by atoms with Gasteiger partial charge in [-0.3, -0.25) is 9.59 Å². The maximum absolute atomic E-state index is 13.2. The molecule has 1 aromatic carbocycles. The van der Waals surface area contributed by atoms with Gasteiger partial charge in [-0.25, -0.2) is 0 Å². The number of benzene rings is 1. The average Bonchev–Trinajstić information content (AvgIpc) is 2.81. The molecule has 2 amide bonds. The fraction of sp³-hybridized carbons (Fsp3) is 0.429. The number of aromatic nitrogens is 2. The summed E-state index contributed by atoms with van der Waals surface area (Å²) in [5.41, 5.74) is -1.39. The summed E-state index contributed by atoms with van der Waals surface area (Å²) in [5, 5.41) is 10.2. The molecule has 0 spiro atoms.